The first kappa shape index (κ1) is 23.2. The van der Waals surface area contributed by atoms with Crippen molar-refractivity contribution in [3.63, 3.8) is 0 Å². The second-order valence-corrected chi connectivity index (χ2v) is 8.09. The smallest absolute Gasteiger partial charge is 0.234 e. The van der Waals surface area contributed by atoms with Crippen molar-refractivity contribution in [1.82, 2.24) is 4.57 Å². The molecule has 1 aromatic rings. The standard InChI is InChI=1S/C24H47N2/c1-4-7-9-11-13-15-17-19-24-25(20-6-3)22-23-26(24)21-18-16-14-12-10-8-5-2/h22-23H,4-21H2,1-3H3/q+1. The van der Waals surface area contributed by atoms with Crippen molar-refractivity contribution in [2.75, 3.05) is 0 Å². The summed E-state index contributed by atoms with van der Waals surface area (Å²) in [4.78, 5) is 0. The molecule has 2 heteroatoms. The van der Waals surface area contributed by atoms with Gasteiger partial charge >= 0.3 is 0 Å². The predicted molar refractivity (Wildman–Crippen MR) is 115 cm³/mol. The number of hydrogen-bond donors (Lipinski definition) is 0. The van der Waals surface area contributed by atoms with Gasteiger partial charge < -0.3 is 0 Å². The average molecular weight is 364 g/mol. The van der Waals surface area contributed by atoms with Crippen molar-refractivity contribution >= 4 is 0 Å². The maximum atomic E-state index is 2.55. The number of aromatic nitrogens is 2. The Morgan fingerprint density at radius 3 is 1.77 bits per heavy atom. The molecule has 0 N–H and O–H groups in total. The highest BCUT2D eigenvalue weighted by molar-refractivity contribution is 4.84. The molecular formula is C24H47N2+. The predicted octanol–water partition coefficient (Wildman–Crippen LogP) is 7.23. The highest BCUT2D eigenvalue weighted by Gasteiger charge is 2.15. The molecule has 152 valence electrons. The molecule has 0 fully saturated rings. The molecule has 0 aliphatic heterocycles. The summed E-state index contributed by atoms with van der Waals surface area (Å²) in [5, 5.41) is 0. The molecule has 0 aliphatic rings. The van der Waals surface area contributed by atoms with Gasteiger partial charge in [0.15, 0.2) is 0 Å². The van der Waals surface area contributed by atoms with Crippen molar-refractivity contribution in [3.8, 4) is 0 Å². The van der Waals surface area contributed by atoms with Crippen molar-refractivity contribution < 1.29 is 4.57 Å². The Morgan fingerprint density at radius 1 is 0.654 bits per heavy atom. The molecule has 1 heterocycles. The van der Waals surface area contributed by atoms with Crippen LogP contribution in [0.5, 0.6) is 0 Å². The number of rotatable bonds is 18. The molecule has 0 atom stereocenters. The topological polar surface area (TPSA) is 8.81 Å². The van der Waals surface area contributed by atoms with E-state index < -0.39 is 0 Å². The van der Waals surface area contributed by atoms with E-state index in [1.165, 1.54) is 116 Å². The highest BCUT2D eigenvalue weighted by Crippen LogP contribution is 2.12. The second-order valence-electron chi connectivity index (χ2n) is 8.09. The van der Waals surface area contributed by atoms with Gasteiger partial charge in [-0.25, -0.2) is 9.13 Å². The number of unbranched alkanes of at least 4 members (excludes halogenated alkanes) is 12. The molecule has 0 saturated carbocycles. The van der Waals surface area contributed by atoms with E-state index in [1.807, 2.05) is 0 Å². The Labute approximate surface area is 164 Å². The van der Waals surface area contributed by atoms with Crippen molar-refractivity contribution in [2.24, 2.45) is 0 Å². The van der Waals surface area contributed by atoms with E-state index in [0.29, 0.717) is 0 Å². The molecule has 0 saturated heterocycles. The van der Waals surface area contributed by atoms with E-state index in [9.17, 15) is 0 Å². The van der Waals surface area contributed by atoms with Crippen LogP contribution in [-0.2, 0) is 19.5 Å². The minimum atomic E-state index is 1.18. The third-order valence-corrected chi connectivity index (χ3v) is 5.56. The van der Waals surface area contributed by atoms with Crippen LogP contribution in [-0.4, -0.2) is 4.57 Å². The van der Waals surface area contributed by atoms with Crippen molar-refractivity contribution in [1.29, 1.82) is 0 Å². The van der Waals surface area contributed by atoms with Gasteiger partial charge in [-0.2, -0.15) is 0 Å². The summed E-state index contributed by atoms with van der Waals surface area (Å²) < 4.78 is 5.07. The maximum Gasteiger partial charge on any atom is 0.256 e. The summed E-state index contributed by atoms with van der Waals surface area (Å²) in [5.74, 6) is 1.58. The molecule has 1 rings (SSSR count). The fourth-order valence-electron chi connectivity index (χ4n) is 3.91. The normalized spacial score (nSPS) is 11.3. The summed E-state index contributed by atoms with van der Waals surface area (Å²) in [5.41, 5.74) is 0. The Morgan fingerprint density at radius 2 is 1.19 bits per heavy atom. The molecule has 0 spiro atoms. The minimum absolute atomic E-state index is 1.18. The molecule has 0 aromatic carbocycles. The fourth-order valence-corrected chi connectivity index (χ4v) is 3.91. The summed E-state index contributed by atoms with van der Waals surface area (Å²) in [7, 11) is 0. The largest absolute Gasteiger partial charge is 0.256 e. The average Bonchev–Trinajstić information content (AvgIpc) is 3.02. The van der Waals surface area contributed by atoms with E-state index in [2.05, 4.69) is 42.3 Å². The van der Waals surface area contributed by atoms with Crippen LogP contribution in [0.3, 0.4) is 0 Å². The number of hydrogen-bond acceptors (Lipinski definition) is 0. The van der Waals surface area contributed by atoms with Gasteiger partial charge in [0.25, 0.3) is 5.82 Å². The van der Waals surface area contributed by atoms with Crippen molar-refractivity contribution in [3.05, 3.63) is 18.2 Å². The monoisotopic (exact) mass is 363 g/mol. The molecule has 0 aliphatic carbocycles. The molecule has 0 unspecified atom stereocenters. The fraction of sp³-hybridized carbons (Fsp3) is 0.875. The summed E-state index contributed by atoms with van der Waals surface area (Å²) >= 11 is 0. The Bertz CT molecular complexity index is 422. The van der Waals surface area contributed by atoms with E-state index in [0.717, 1.165) is 0 Å². The molecule has 0 bridgehead atoms. The van der Waals surface area contributed by atoms with Crippen LogP contribution in [0.15, 0.2) is 12.4 Å². The zero-order valence-corrected chi connectivity index (χ0v) is 18.3. The number of imidazole rings is 1. The minimum Gasteiger partial charge on any atom is -0.234 e. The lowest BCUT2D eigenvalue weighted by Gasteiger charge is -2.06. The van der Waals surface area contributed by atoms with Crippen LogP contribution in [0.2, 0.25) is 0 Å². The maximum absolute atomic E-state index is 2.55. The van der Waals surface area contributed by atoms with Gasteiger partial charge in [-0.3, -0.25) is 0 Å². The first-order chi connectivity index (χ1) is 12.8. The third-order valence-electron chi connectivity index (χ3n) is 5.56. The molecule has 0 radical (unpaired) electrons. The molecule has 0 amide bonds. The van der Waals surface area contributed by atoms with Crippen LogP contribution in [0.1, 0.15) is 123 Å². The van der Waals surface area contributed by atoms with Gasteiger partial charge in [0.2, 0.25) is 0 Å². The lowest BCUT2D eigenvalue weighted by molar-refractivity contribution is -0.703. The van der Waals surface area contributed by atoms with Gasteiger partial charge in [0, 0.05) is 6.42 Å². The van der Waals surface area contributed by atoms with Crippen LogP contribution < -0.4 is 4.57 Å². The van der Waals surface area contributed by atoms with Gasteiger partial charge in [-0.05, 0) is 25.7 Å². The lowest BCUT2D eigenvalue weighted by Crippen LogP contribution is -2.37. The van der Waals surface area contributed by atoms with Gasteiger partial charge in [-0.1, -0.05) is 91.4 Å². The zero-order valence-electron chi connectivity index (χ0n) is 18.3. The summed E-state index contributed by atoms with van der Waals surface area (Å²) in [6.07, 6.45) is 26.7. The number of aryl methyl sites for hydroxylation is 2. The third kappa shape index (κ3) is 10.4. The van der Waals surface area contributed by atoms with Crippen LogP contribution in [0.4, 0.5) is 0 Å². The quantitative estimate of drug-likeness (QED) is 0.192. The lowest BCUT2D eigenvalue weighted by atomic mass is 10.1. The first-order valence-electron chi connectivity index (χ1n) is 11.9. The van der Waals surface area contributed by atoms with Crippen LogP contribution >= 0.6 is 0 Å². The Kier molecular flexibility index (Phi) is 14.7. The van der Waals surface area contributed by atoms with E-state index in [4.69, 9.17) is 0 Å². The van der Waals surface area contributed by atoms with Gasteiger partial charge in [0.1, 0.15) is 12.4 Å². The van der Waals surface area contributed by atoms with E-state index in [1.54, 1.807) is 5.82 Å². The highest BCUT2D eigenvalue weighted by atomic mass is 15.1. The van der Waals surface area contributed by atoms with E-state index >= 15 is 0 Å². The molecule has 1 aromatic heterocycles. The summed E-state index contributed by atoms with van der Waals surface area (Å²) in [6, 6.07) is 0. The first-order valence-corrected chi connectivity index (χ1v) is 11.9. The van der Waals surface area contributed by atoms with E-state index in [-0.39, 0.29) is 0 Å². The molecule has 2 nitrogen and oxygen atoms in total. The van der Waals surface area contributed by atoms with Crippen LogP contribution in [0, 0.1) is 0 Å². The van der Waals surface area contributed by atoms with Gasteiger partial charge in [-0.15, -0.1) is 0 Å². The van der Waals surface area contributed by atoms with Crippen molar-refractivity contribution in [2.45, 2.75) is 137 Å². The molecular weight excluding hydrogens is 316 g/mol. The van der Waals surface area contributed by atoms with Crippen LogP contribution in [0.25, 0.3) is 0 Å². The summed E-state index contributed by atoms with van der Waals surface area (Å²) in [6.45, 7) is 9.28. The Hall–Kier alpha value is -0.790. The zero-order chi connectivity index (χ0) is 18.9. The van der Waals surface area contributed by atoms with Gasteiger partial charge in [0.05, 0.1) is 13.1 Å². The molecule has 26 heavy (non-hydrogen) atoms. The second kappa shape index (κ2) is 16.4. The number of nitrogens with zero attached hydrogens (tertiary/aromatic N) is 2. The Balaban J connectivity index is 2.31. The SMILES string of the molecule is CCCCCCCCCc1n(CCCCCCCCC)cc[n+]1CCC.